The van der Waals surface area contributed by atoms with Crippen molar-refractivity contribution in [3.63, 3.8) is 0 Å². The SMILES string of the molecule is CCC1c2nc3ccc(-c4ccc(CP(C)(C)=O)cc4)cc3n2-c2c(OC(F)F)cccc2C(=O)N1C(O)(O)O. The van der Waals surface area contributed by atoms with Gasteiger partial charge >= 0.3 is 12.7 Å². The molecule has 12 heteroatoms. The van der Waals surface area contributed by atoms with Gasteiger partial charge in [-0.3, -0.25) is 14.3 Å². The summed E-state index contributed by atoms with van der Waals surface area (Å²) in [7, 11) is -2.26. The van der Waals surface area contributed by atoms with E-state index < -0.39 is 31.8 Å². The standard InChI is InChI=1S/C28H28F2N3O6P/c1-4-21-25-31-20-13-12-18(17-10-8-16(9-11-17)15-40(2,3)38)14-22(20)32(25)24-19(26(34)33(21)28(35,36)37)6-5-7-23(24)39-27(29)30/h5-14,21,27,35-37H,4,15H2,1-3H3. The fourth-order valence-corrected chi connectivity index (χ4v) is 6.28. The second kappa shape index (κ2) is 10.1. The van der Waals surface area contributed by atoms with Gasteiger partial charge in [0, 0.05) is 6.16 Å². The molecule has 1 aliphatic rings. The summed E-state index contributed by atoms with van der Waals surface area (Å²) in [5.74, 6) is -1.22. The molecule has 1 amide bonds. The molecule has 1 aromatic heterocycles. The van der Waals surface area contributed by atoms with E-state index in [2.05, 4.69) is 4.98 Å². The number of hydrogen-bond donors (Lipinski definition) is 3. The molecule has 3 aromatic carbocycles. The van der Waals surface area contributed by atoms with Gasteiger partial charge in [-0.15, -0.1) is 0 Å². The van der Waals surface area contributed by atoms with Crippen LogP contribution in [-0.4, -0.2) is 61.7 Å². The van der Waals surface area contributed by atoms with Crippen molar-refractivity contribution in [1.82, 2.24) is 14.5 Å². The van der Waals surface area contributed by atoms with E-state index in [0.717, 1.165) is 16.7 Å². The summed E-state index contributed by atoms with van der Waals surface area (Å²) in [6.45, 7) is 1.91. The summed E-state index contributed by atoms with van der Waals surface area (Å²) in [6.07, 6.45) is -2.99. The van der Waals surface area contributed by atoms with E-state index in [1.54, 1.807) is 32.4 Å². The van der Waals surface area contributed by atoms with E-state index in [1.807, 2.05) is 30.3 Å². The number of amides is 1. The molecule has 1 aliphatic heterocycles. The van der Waals surface area contributed by atoms with E-state index in [4.69, 9.17) is 4.74 Å². The van der Waals surface area contributed by atoms with Crippen molar-refractivity contribution < 1.29 is 38.2 Å². The smallest absolute Gasteiger partial charge is 0.387 e. The van der Waals surface area contributed by atoms with Crippen LogP contribution in [0.4, 0.5) is 8.78 Å². The number of para-hydroxylation sites is 1. The Bertz CT molecular complexity index is 1640. The second-order valence-electron chi connectivity index (χ2n) is 10.2. The zero-order chi connectivity index (χ0) is 29.0. The Morgan fingerprint density at radius 3 is 2.33 bits per heavy atom. The van der Waals surface area contributed by atoms with Crippen molar-refractivity contribution in [2.45, 2.75) is 38.3 Å². The van der Waals surface area contributed by atoms with Gasteiger partial charge in [-0.25, -0.2) is 4.98 Å². The molecule has 40 heavy (non-hydrogen) atoms. The van der Waals surface area contributed by atoms with Gasteiger partial charge in [-0.05, 0) is 60.7 Å². The zero-order valence-electron chi connectivity index (χ0n) is 22.0. The third kappa shape index (κ3) is 5.13. The summed E-state index contributed by atoms with van der Waals surface area (Å²) in [4.78, 5) is 18.6. The molecule has 0 saturated carbocycles. The molecule has 0 fully saturated rings. The number of nitrogens with zero attached hydrogens (tertiary/aromatic N) is 3. The van der Waals surface area contributed by atoms with Gasteiger partial charge in [0.05, 0.1) is 29.8 Å². The molecule has 9 nitrogen and oxygen atoms in total. The van der Waals surface area contributed by atoms with E-state index in [1.165, 1.54) is 22.8 Å². The average Bonchev–Trinajstić information content (AvgIpc) is 3.18. The van der Waals surface area contributed by atoms with Gasteiger partial charge in [0.25, 0.3) is 5.91 Å². The molecule has 1 unspecified atom stereocenters. The number of carbonyl (C=O) groups excluding carboxylic acids is 1. The molecule has 0 aliphatic carbocycles. The summed E-state index contributed by atoms with van der Waals surface area (Å²) in [5.41, 5.74) is 3.15. The number of alkyl halides is 2. The highest BCUT2D eigenvalue weighted by molar-refractivity contribution is 7.61. The van der Waals surface area contributed by atoms with Crippen molar-refractivity contribution >= 4 is 24.1 Å². The molecule has 0 radical (unpaired) electrons. The number of ether oxygens (including phenoxy) is 1. The Hall–Kier alpha value is -3.63. The van der Waals surface area contributed by atoms with Gasteiger partial charge in [-0.2, -0.15) is 8.78 Å². The van der Waals surface area contributed by atoms with Gasteiger partial charge in [0.15, 0.2) is 5.75 Å². The Balaban J connectivity index is 1.77. The van der Waals surface area contributed by atoms with Crippen LogP contribution in [0.5, 0.6) is 5.75 Å². The summed E-state index contributed by atoms with van der Waals surface area (Å²) < 4.78 is 45.4. The van der Waals surface area contributed by atoms with Crippen LogP contribution in [-0.2, 0) is 10.7 Å². The number of hydrogen-bond acceptors (Lipinski definition) is 7. The summed E-state index contributed by atoms with van der Waals surface area (Å²) in [5, 5.41) is 30.5. The minimum Gasteiger partial charge on any atom is -0.433 e. The number of fused-ring (bicyclic) bond motifs is 5. The average molecular weight is 572 g/mol. The van der Waals surface area contributed by atoms with Crippen LogP contribution in [0, 0.1) is 0 Å². The minimum atomic E-state index is -3.56. The van der Waals surface area contributed by atoms with Crippen molar-refractivity contribution in [3.05, 3.63) is 77.6 Å². The third-order valence-corrected chi connectivity index (χ3v) is 7.87. The number of benzene rings is 3. The number of rotatable bonds is 7. The maximum atomic E-state index is 13.6. The first kappa shape index (κ1) is 27.9. The number of carbonyl (C=O) groups is 1. The first-order valence-corrected chi connectivity index (χ1v) is 15.3. The van der Waals surface area contributed by atoms with Crippen LogP contribution in [0.25, 0.3) is 27.8 Å². The fraction of sp³-hybridized carbons (Fsp3) is 0.286. The lowest BCUT2D eigenvalue weighted by Crippen LogP contribution is -2.53. The minimum absolute atomic E-state index is 0.0651. The molecule has 210 valence electrons. The van der Waals surface area contributed by atoms with Crippen LogP contribution < -0.4 is 4.74 Å². The van der Waals surface area contributed by atoms with Crippen LogP contribution in [0.2, 0.25) is 0 Å². The Kier molecular flexibility index (Phi) is 7.04. The second-order valence-corrected chi connectivity index (χ2v) is 13.6. The van der Waals surface area contributed by atoms with Crippen molar-refractivity contribution in [2.75, 3.05) is 13.3 Å². The first-order chi connectivity index (χ1) is 18.8. The first-order valence-electron chi connectivity index (χ1n) is 12.5. The quantitative estimate of drug-likeness (QED) is 0.213. The maximum Gasteiger partial charge on any atom is 0.387 e. The van der Waals surface area contributed by atoms with Crippen LogP contribution in [0.3, 0.4) is 0 Å². The van der Waals surface area contributed by atoms with E-state index in [-0.39, 0.29) is 29.2 Å². The Labute approximate surface area is 228 Å². The highest BCUT2D eigenvalue weighted by Gasteiger charge is 2.46. The maximum absolute atomic E-state index is 13.6. The predicted octanol–water partition coefficient (Wildman–Crippen LogP) is 4.91. The lowest BCUT2D eigenvalue weighted by molar-refractivity contribution is -0.386. The molecule has 1 atom stereocenters. The topological polar surface area (TPSA) is 125 Å². The molecule has 4 aromatic rings. The fourth-order valence-electron chi connectivity index (χ4n) is 5.19. The highest BCUT2D eigenvalue weighted by atomic mass is 31.2. The van der Waals surface area contributed by atoms with E-state index >= 15 is 0 Å². The molecule has 3 N–H and O–H groups in total. The Morgan fingerprint density at radius 2 is 1.73 bits per heavy atom. The molecule has 0 bridgehead atoms. The molecule has 0 saturated heterocycles. The van der Waals surface area contributed by atoms with E-state index in [0.29, 0.717) is 22.1 Å². The molecular weight excluding hydrogens is 543 g/mol. The largest absolute Gasteiger partial charge is 0.433 e. The molecule has 5 rings (SSSR count). The van der Waals surface area contributed by atoms with Crippen molar-refractivity contribution in [3.8, 4) is 22.6 Å². The third-order valence-electron chi connectivity index (χ3n) is 6.74. The number of halogens is 2. The van der Waals surface area contributed by atoms with Crippen LogP contribution >= 0.6 is 7.14 Å². The number of aliphatic hydroxyl groups is 3. The van der Waals surface area contributed by atoms with E-state index in [9.17, 15) is 33.5 Å². The van der Waals surface area contributed by atoms with Crippen LogP contribution in [0.15, 0.2) is 60.7 Å². The van der Waals surface area contributed by atoms with Gasteiger partial charge in [0.1, 0.15) is 11.5 Å². The lowest BCUT2D eigenvalue weighted by atomic mass is 10.0. The van der Waals surface area contributed by atoms with Crippen molar-refractivity contribution in [2.24, 2.45) is 0 Å². The van der Waals surface area contributed by atoms with Gasteiger partial charge in [0.2, 0.25) is 0 Å². The van der Waals surface area contributed by atoms with Crippen molar-refractivity contribution in [1.29, 1.82) is 0 Å². The highest BCUT2D eigenvalue weighted by Crippen LogP contribution is 2.43. The van der Waals surface area contributed by atoms with Crippen LogP contribution in [0.1, 0.15) is 41.1 Å². The van der Waals surface area contributed by atoms with Gasteiger partial charge in [-0.1, -0.05) is 43.3 Å². The normalized spacial score (nSPS) is 15.8. The molecular formula is C28H28F2N3O6P. The lowest BCUT2D eigenvalue weighted by Gasteiger charge is -2.34. The predicted molar refractivity (Wildman–Crippen MR) is 145 cm³/mol. The number of imidazole rings is 1. The zero-order valence-corrected chi connectivity index (χ0v) is 22.8. The molecule has 2 heterocycles. The Morgan fingerprint density at radius 1 is 1.05 bits per heavy atom. The monoisotopic (exact) mass is 571 g/mol. The summed E-state index contributed by atoms with van der Waals surface area (Å²) >= 11 is 0. The van der Waals surface area contributed by atoms with Gasteiger partial charge < -0.3 is 24.6 Å². The number of aromatic nitrogens is 2. The molecule has 0 spiro atoms. The summed E-state index contributed by atoms with van der Waals surface area (Å²) in [6, 6.07) is 15.7.